The average molecular weight is 215 g/mol. The van der Waals surface area contributed by atoms with Crippen molar-refractivity contribution in [3.8, 4) is 0 Å². The third-order valence-electron chi connectivity index (χ3n) is 2.64. The molecule has 0 saturated carbocycles. The third kappa shape index (κ3) is 1.90. The SMILES string of the molecule is CNC(C(=O)O)c1ccc2ccccc2c1. The standard InChI is InChI=1S/C13H13NO2/c1-14-12(13(15)16)11-7-6-9-4-2-3-5-10(9)8-11/h2-8,12,14H,1H3,(H,15,16). The fourth-order valence-electron chi connectivity index (χ4n) is 1.82. The van der Waals surface area contributed by atoms with E-state index in [9.17, 15) is 4.79 Å². The van der Waals surface area contributed by atoms with Gasteiger partial charge in [-0.1, -0.05) is 36.4 Å². The predicted molar refractivity (Wildman–Crippen MR) is 63.4 cm³/mol. The monoisotopic (exact) mass is 215 g/mol. The van der Waals surface area contributed by atoms with Crippen molar-refractivity contribution in [2.24, 2.45) is 0 Å². The van der Waals surface area contributed by atoms with Gasteiger partial charge in [-0.2, -0.15) is 0 Å². The molecule has 3 nitrogen and oxygen atoms in total. The highest BCUT2D eigenvalue weighted by Gasteiger charge is 2.16. The van der Waals surface area contributed by atoms with Gasteiger partial charge in [0.05, 0.1) is 0 Å². The van der Waals surface area contributed by atoms with Gasteiger partial charge in [0, 0.05) is 0 Å². The molecule has 0 aliphatic heterocycles. The minimum Gasteiger partial charge on any atom is -0.480 e. The van der Waals surface area contributed by atoms with E-state index in [1.54, 1.807) is 7.05 Å². The van der Waals surface area contributed by atoms with Gasteiger partial charge in [-0.05, 0) is 29.4 Å². The minimum atomic E-state index is -0.863. The summed E-state index contributed by atoms with van der Waals surface area (Å²) in [5.74, 6) is -0.863. The van der Waals surface area contributed by atoms with Crippen LogP contribution in [0.4, 0.5) is 0 Å². The highest BCUT2D eigenvalue weighted by Crippen LogP contribution is 2.20. The Morgan fingerprint density at radius 3 is 2.50 bits per heavy atom. The van der Waals surface area contributed by atoms with Crippen molar-refractivity contribution in [1.82, 2.24) is 5.32 Å². The summed E-state index contributed by atoms with van der Waals surface area (Å²) in [5, 5.41) is 14.0. The van der Waals surface area contributed by atoms with Crippen molar-refractivity contribution in [1.29, 1.82) is 0 Å². The molecule has 2 aromatic carbocycles. The van der Waals surface area contributed by atoms with Gasteiger partial charge < -0.3 is 10.4 Å². The summed E-state index contributed by atoms with van der Waals surface area (Å²) in [6, 6.07) is 12.9. The van der Waals surface area contributed by atoms with Crippen molar-refractivity contribution in [3.63, 3.8) is 0 Å². The Labute approximate surface area is 93.7 Å². The zero-order chi connectivity index (χ0) is 11.5. The molecule has 2 aromatic rings. The number of carboxylic acid groups (broad SMARTS) is 1. The number of benzene rings is 2. The molecule has 2 N–H and O–H groups in total. The highest BCUT2D eigenvalue weighted by atomic mass is 16.4. The topological polar surface area (TPSA) is 49.3 Å². The fourth-order valence-corrected chi connectivity index (χ4v) is 1.82. The van der Waals surface area contributed by atoms with Crippen LogP contribution in [0, 0.1) is 0 Å². The van der Waals surface area contributed by atoms with Gasteiger partial charge in [-0.15, -0.1) is 0 Å². The first kappa shape index (κ1) is 10.6. The van der Waals surface area contributed by atoms with Gasteiger partial charge in [0.15, 0.2) is 0 Å². The first-order valence-corrected chi connectivity index (χ1v) is 5.11. The fraction of sp³-hybridized carbons (Fsp3) is 0.154. The van der Waals surface area contributed by atoms with Crippen LogP contribution in [0.5, 0.6) is 0 Å². The lowest BCUT2D eigenvalue weighted by atomic mass is 10.0. The van der Waals surface area contributed by atoms with E-state index in [0.717, 1.165) is 16.3 Å². The largest absolute Gasteiger partial charge is 0.480 e. The lowest BCUT2D eigenvalue weighted by Gasteiger charge is -2.12. The van der Waals surface area contributed by atoms with Crippen molar-refractivity contribution in [3.05, 3.63) is 48.0 Å². The van der Waals surface area contributed by atoms with Gasteiger partial charge >= 0.3 is 5.97 Å². The van der Waals surface area contributed by atoms with Gasteiger partial charge in [0.25, 0.3) is 0 Å². The molecule has 2 rings (SSSR count). The van der Waals surface area contributed by atoms with E-state index in [-0.39, 0.29) is 0 Å². The van der Waals surface area contributed by atoms with Crippen molar-refractivity contribution in [2.75, 3.05) is 7.05 Å². The number of carboxylic acids is 1. The lowest BCUT2D eigenvalue weighted by Crippen LogP contribution is -2.24. The molecule has 0 fully saturated rings. The van der Waals surface area contributed by atoms with Gasteiger partial charge in [0.2, 0.25) is 0 Å². The maximum absolute atomic E-state index is 11.0. The molecule has 0 aliphatic carbocycles. The molecule has 0 bridgehead atoms. The summed E-state index contributed by atoms with van der Waals surface area (Å²) in [6.07, 6.45) is 0. The number of carbonyl (C=O) groups is 1. The third-order valence-corrected chi connectivity index (χ3v) is 2.64. The summed E-state index contributed by atoms with van der Waals surface area (Å²) in [6.45, 7) is 0. The van der Waals surface area contributed by atoms with E-state index < -0.39 is 12.0 Å². The average Bonchev–Trinajstić information content (AvgIpc) is 2.29. The smallest absolute Gasteiger partial charge is 0.325 e. The molecule has 82 valence electrons. The van der Waals surface area contributed by atoms with E-state index in [0.29, 0.717) is 0 Å². The van der Waals surface area contributed by atoms with E-state index in [1.807, 2.05) is 42.5 Å². The number of hydrogen-bond donors (Lipinski definition) is 2. The number of aliphatic carboxylic acids is 1. The Kier molecular flexibility index (Phi) is 2.88. The van der Waals surface area contributed by atoms with Crippen LogP contribution in [0.1, 0.15) is 11.6 Å². The van der Waals surface area contributed by atoms with Crippen LogP contribution in [0.2, 0.25) is 0 Å². The normalized spacial score (nSPS) is 12.6. The molecule has 0 spiro atoms. The van der Waals surface area contributed by atoms with Crippen LogP contribution < -0.4 is 5.32 Å². The van der Waals surface area contributed by atoms with Gasteiger partial charge in [0.1, 0.15) is 6.04 Å². The van der Waals surface area contributed by atoms with Crippen molar-refractivity contribution >= 4 is 16.7 Å². The number of hydrogen-bond acceptors (Lipinski definition) is 2. The predicted octanol–water partition coefficient (Wildman–Crippen LogP) is 2.18. The van der Waals surface area contributed by atoms with Crippen LogP contribution in [0.25, 0.3) is 10.8 Å². The summed E-state index contributed by atoms with van der Waals surface area (Å²) < 4.78 is 0. The maximum Gasteiger partial charge on any atom is 0.325 e. The Hall–Kier alpha value is -1.87. The Morgan fingerprint density at radius 1 is 1.19 bits per heavy atom. The molecule has 0 radical (unpaired) electrons. The molecule has 3 heteroatoms. The molecule has 1 unspecified atom stereocenters. The first-order chi connectivity index (χ1) is 7.72. The van der Waals surface area contributed by atoms with E-state index in [4.69, 9.17) is 5.11 Å². The number of nitrogens with one attached hydrogen (secondary N) is 1. The molecule has 0 aliphatic rings. The first-order valence-electron chi connectivity index (χ1n) is 5.11. The van der Waals surface area contributed by atoms with Crippen molar-refractivity contribution < 1.29 is 9.90 Å². The second-order valence-corrected chi connectivity index (χ2v) is 3.67. The second-order valence-electron chi connectivity index (χ2n) is 3.67. The minimum absolute atomic E-state index is 0.649. The molecular formula is C13H13NO2. The number of fused-ring (bicyclic) bond motifs is 1. The highest BCUT2D eigenvalue weighted by molar-refractivity contribution is 5.85. The van der Waals surface area contributed by atoms with Crippen LogP contribution >= 0.6 is 0 Å². The van der Waals surface area contributed by atoms with Crippen LogP contribution in [0.15, 0.2) is 42.5 Å². The van der Waals surface area contributed by atoms with Crippen LogP contribution in [-0.2, 0) is 4.79 Å². The maximum atomic E-state index is 11.0. The summed E-state index contributed by atoms with van der Waals surface area (Å²) in [7, 11) is 1.65. The van der Waals surface area contributed by atoms with Gasteiger partial charge in [-0.3, -0.25) is 4.79 Å². The summed E-state index contributed by atoms with van der Waals surface area (Å²) in [4.78, 5) is 11.0. The van der Waals surface area contributed by atoms with Crippen LogP contribution in [0.3, 0.4) is 0 Å². The Balaban J connectivity index is 2.49. The summed E-state index contributed by atoms with van der Waals surface area (Å²) in [5.41, 5.74) is 0.772. The zero-order valence-electron chi connectivity index (χ0n) is 8.97. The quantitative estimate of drug-likeness (QED) is 0.825. The van der Waals surface area contributed by atoms with Crippen LogP contribution in [-0.4, -0.2) is 18.1 Å². The second kappa shape index (κ2) is 4.33. The molecule has 0 amide bonds. The van der Waals surface area contributed by atoms with Gasteiger partial charge in [-0.25, -0.2) is 0 Å². The summed E-state index contributed by atoms with van der Waals surface area (Å²) >= 11 is 0. The molecular weight excluding hydrogens is 202 g/mol. The van der Waals surface area contributed by atoms with E-state index in [2.05, 4.69) is 5.32 Å². The molecule has 0 heterocycles. The van der Waals surface area contributed by atoms with Crippen molar-refractivity contribution in [2.45, 2.75) is 6.04 Å². The zero-order valence-corrected chi connectivity index (χ0v) is 8.97. The Morgan fingerprint density at radius 2 is 1.88 bits per heavy atom. The number of rotatable bonds is 3. The molecule has 0 aromatic heterocycles. The molecule has 0 saturated heterocycles. The van der Waals surface area contributed by atoms with E-state index >= 15 is 0 Å². The molecule has 16 heavy (non-hydrogen) atoms. The Bertz CT molecular complexity index is 522. The number of likely N-dealkylation sites (N-methyl/N-ethyl adjacent to an activating group) is 1. The lowest BCUT2D eigenvalue weighted by molar-refractivity contribution is -0.139. The van der Waals surface area contributed by atoms with E-state index in [1.165, 1.54) is 0 Å². The molecule has 1 atom stereocenters.